The molecule has 0 aromatic heterocycles. The molecule has 114 valence electrons. The molecular formula is C16H27NO3. The van der Waals surface area contributed by atoms with Gasteiger partial charge in [0, 0.05) is 6.04 Å². The van der Waals surface area contributed by atoms with Crippen LogP contribution in [0.25, 0.3) is 0 Å². The fraction of sp³-hybridized carbons (Fsp3) is 0.875. The van der Waals surface area contributed by atoms with Crippen molar-refractivity contribution in [2.75, 3.05) is 19.7 Å². The van der Waals surface area contributed by atoms with Gasteiger partial charge in [-0.3, -0.25) is 14.5 Å². The van der Waals surface area contributed by atoms with Gasteiger partial charge in [0.05, 0.1) is 13.2 Å². The Kier molecular flexibility index (Phi) is 4.84. The highest BCUT2D eigenvalue weighted by atomic mass is 16.5. The minimum Gasteiger partial charge on any atom is -0.465 e. The summed E-state index contributed by atoms with van der Waals surface area (Å²) in [5, 5.41) is 0. The van der Waals surface area contributed by atoms with Crippen LogP contribution in [0.2, 0.25) is 0 Å². The predicted octanol–water partition coefficient (Wildman–Crippen LogP) is 2.41. The van der Waals surface area contributed by atoms with Gasteiger partial charge in [-0.1, -0.05) is 6.42 Å². The van der Waals surface area contributed by atoms with Gasteiger partial charge >= 0.3 is 5.97 Å². The molecule has 0 amide bonds. The van der Waals surface area contributed by atoms with Crippen LogP contribution in [0.3, 0.4) is 0 Å². The Balaban J connectivity index is 1.98. The minimum absolute atomic E-state index is 0.0106. The first-order valence-electron chi connectivity index (χ1n) is 7.91. The van der Waals surface area contributed by atoms with Gasteiger partial charge in [0.15, 0.2) is 5.78 Å². The molecule has 1 aliphatic heterocycles. The van der Waals surface area contributed by atoms with Crippen molar-refractivity contribution in [2.24, 2.45) is 11.3 Å². The van der Waals surface area contributed by atoms with Crippen LogP contribution in [0.1, 0.15) is 52.9 Å². The summed E-state index contributed by atoms with van der Waals surface area (Å²) in [6, 6.07) is 0.561. The molecule has 0 radical (unpaired) electrons. The standard InChI is InChI=1S/C16H27NO3/c1-4-20-15(19)16(2,3)14(18)11-17-10-6-8-12-7-5-9-13(12)17/h12-13H,4-11H2,1-3H3. The van der Waals surface area contributed by atoms with E-state index in [0.29, 0.717) is 19.2 Å². The molecule has 2 atom stereocenters. The van der Waals surface area contributed by atoms with E-state index in [1.54, 1.807) is 20.8 Å². The number of ketones is 1. The molecule has 1 saturated carbocycles. The molecule has 4 nitrogen and oxygen atoms in total. The number of fused-ring (bicyclic) bond motifs is 1. The third-order valence-electron chi connectivity index (χ3n) is 4.94. The van der Waals surface area contributed by atoms with Crippen molar-refractivity contribution in [3.63, 3.8) is 0 Å². The summed E-state index contributed by atoms with van der Waals surface area (Å²) in [5.41, 5.74) is -1.03. The number of carbonyl (C=O) groups is 2. The van der Waals surface area contributed by atoms with E-state index in [1.807, 2.05) is 0 Å². The first-order valence-corrected chi connectivity index (χ1v) is 7.91. The van der Waals surface area contributed by atoms with Gasteiger partial charge in [0.25, 0.3) is 0 Å². The summed E-state index contributed by atoms with van der Waals surface area (Å²) in [7, 11) is 0. The number of rotatable bonds is 5. The number of hydrogen-bond acceptors (Lipinski definition) is 4. The van der Waals surface area contributed by atoms with Crippen LogP contribution in [-0.2, 0) is 14.3 Å². The summed E-state index contributed by atoms with van der Waals surface area (Å²) in [6.07, 6.45) is 6.26. The van der Waals surface area contributed by atoms with Crippen molar-refractivity contribution in [3.05, 3.63) is 0 Å². The molecule has 1 saturated heterocycles. The highest BCUT2D eigenvalue weighted by molar-refractivity contribution is 6.03. The van der Waals surface area contributed by atoms with Crippen molar-refractivity contribution < 1.29 is 14.3 Å². The molecule has 0 aromatic rings. The Bertz CT molecular complexity index is 378. The quantitative estimate of drug-likeness (QED) is 0.573. The van der Waals surface area contributed by atoms with Crippen LogP contribution < -0.4 is 0 Å². The second-order valence-corrected chi connectivity index (χ2v) is 6.64. The molecule has 2 aliphatic rings. The molecule has 0 N–H and O–H groups in total. The monoisotopic (exact) mass is 281 g/mol. The summed E-state index contributed by atoms with van der Waals surface area (Å²) in [6.45, 7) is 6.85. The van der Waals surface area contributed by atoms with Gasteiger partial charge in [-0.15, -0.1) is 0 Å². The number of hydrogen-bond donors (Lipinski definition) is 0. The smallest absolute Gasteiger partial charge is 0.319 e. The van der Waals surface area contributed by atoms with Gasteiger partial charge in [-0.25, -0.2) is 0 Å². The zero-order valence-electron chi connectivity index (χ0n) is 13.0. The van der Waals surface area contributed by atoms with Gasteiger partial charge in [-0.05, 0) is 58.9 Å². The maximum Gasteiger partial charge on any atom is 0.319 e. The van der Waals surface area contributed by atoms with Crippen molar-refractivity contribution in [3.8, 4) is 0 Å². The molecule has 1 heterocycles. The largest absolute Gasteiger partial charge is 0.465 e. The van der Waals surface area contributed by atoms with Crippen LogP contribution in [0.15, 0.2) is 0 Å². The molecule has 0 bridgehead atoms. The van der Waals surface area contributed by atoms with E-state index in [-0.39, 0.29) is 5.78 Å². The van der Waals surface area contributed by atoms with E-state index < -0.39 is 11.4 Å². The summed E-state index contributed by atoms with van der Waals surface area (Å²) >= 11 is 0. The Morgan fingerprint density at radius 1 is 1.20 bits per heavy atom. The molecular weight excluding hydrogens is 254 g/mol. The fourth-order valence-corrected chi connectivity index (χ4v) is 3.56. The molecule has 0 aromatic carbocycles. The van der Waals surface area contributed by atoms with Crippen molar-refractivity contribution in [1.82, 2.24) is 4.90 Å². The highest BCUT2D eigenvalue weighted by Gasteiger charge is 2.41. The van der Waals surface area contributed by atoms with Crippen LogP contribution in [0.4, 0.5) is 0 Å². The lowest BCUT2D eigenvalue weighted by atomic mass is 9.86. The topological polar surface area (TPSA) is 46.6 Å². The van der Waals surface area contributed by atoms with Gasteiger partial charge in [-0.2, -0.15) is 0 Å². The molecule has 2 rings (SSSR count). The SMILES string of the molecule is CCOC(=O)C(C)(C)C(=O)CN1CCCC2CCCC21. The van der Waals surface area contributed by atoms with Gasteiger partial charge < -0.3 is 4.74 Å². The lowest BCUT2D eigenvalue weighted by Gasteiger charge is -2.38. The summed E-state index contributed by atoms with van der Waals surface area (Å²) in [5.74, 6) is 0.357. The van der Waals surface area contributed by atoms with Crippen LogP contribution >= 0.6 is 0 Å². The van der Waals surface area contributed by atoms with Crippen LogP contribution in [0, 0.1) is 11.3 Å². The first kappa shape index (κ1) is 15.5. The van der Waals surface area contributed by atoms with E-state index in [0.717, 1.165) is 12.5 Å². The molecule has 1 aliphatic carbocycles. The van der Waals surface area contributed by atoms with E-state index in [1.165, 1.54) is 32.1 Å². The molecule has 2 unspecified atom stereocenters. The molecule has 20 heavy (non-hydrogen) atoms. The number of esters is 1. The molecule has 4 heteroatoms. The fourth-order valence-electron chi connectivity index (χ4n) is 3.56. The lowest BCUT2D eigenvalue weighted by molar-refractivity contribution is -0.158. The van der Waals surface area contributed by atoms with E-state index in [2.05, 4.69) is 4.90 Å². The zero-order valence-corrected chi connectivity index (χ0v) is 13.0. The molecule has 0 spiro atoms. The Hall–Kier alpha value is -0.900. The number of ether oxygens (including phenoxy) is 1. The van der Waals surface area contributed by atoms with Crippen LogP contribution in [0.5, 0.6) is 0 Å². The number of carbonyl (C=O) groups excluding carboxylic acids is 2. The number of nitrogens with zero attached hydrogens (tertiary/aromatic N) is 1. The van der Waals surface area contributed by atoms with Crippen molar-refractivity contribution >= 4 is 11.8 Å². The lowest BCUT2D eigenvalue weighted by Crippen LogP contribution is -2.49. The highest BCUT2D eigenvalue weighted by Crippen LogP contribution is 2.37. The van der Waals surface area contributed by atoms with Crippen molar-refractivity contribution in [2.45, 2.75) is 58.9 Å². The summed E-state index contributed by atoms with van der Waals surface area (Å²) < 4.78 is 5.03. The Morgan fingerprint density at radius 2 is 1.90 bits per heavy atom. The second kappa shape index (κ2) is 6.25. The second-order valence-electron chi connectivity index (χ2n) is 6.64. The first-order chi connectivity index (χ1) is 9.46. The number of Topliss-reactive ketones (excluding diaryl/α,β-unsaturated/α-hetero) is 1. The van der Waals surface area contributed by atoms with Crippen LogP contribution in [-0.4, -0.2) is 42.4 Å². The van der Waals surface area contributed by atoms with Gasteiger partial charge in [0.2, 0.25) is 0 Å². The maximum absolute atomic E-state index is 12.5. The zero-order chi connectivity index (χ0) is 14.8. The number of likely N-dealkylation sites (tertiary alicyclic amines) is 1. The third-order valence-corrected chi connectivity index (χ3v) is 4.94. The van der Waals surface area contributed by atoms with E-state index in [9.17, 15) is 9.59 Å². The Morgan fingerprint density at radius 3 is 2.60 bits per heavy atom. The van der Waals surface area contributed by atoms with Crippen molar-refractivity contribution in [1.29, 1.82) is 0 Å². The van der Waals surface area contributed by atoms with E-state index >= 15 is 0 Å². The number of piperidine rings is 1. The third kappa shape index (κ3) is 3.05. The average molecular weight is 281 g/mol. The predicted molar refractivity (Wildman–Crippen MR) is 77.4 cm³/mol. The average Bonchev–Trinajstić information content (AvgIpc) is 2.88. The van der Waals surface area contributed by atoms with Gasteiger partial charge in [0.1, 0.15) is 5.41 Å². The van der Waals surface area contributed by atoms with E-state index in [4.69, 9.17) is 4.74 Å². The minimum atomic E-state index is -1.03. The normalized spacial score (nSPS) is 27.1. The summed E-state index contributed by atoms with van der Waals surface area (Å²) in [4.78, 5) is 26.7. The molecule has 2 fully saturated rings. The Labute approximate surface area is 121 Å². The maximum atomic E-state index is 12.5.